The maximum Gasteiger partial charge on any atom is 0.245 e. The number of rotatable bonds is 7. The topological polar surface area (TPSA) is 75.7 Å². The molecule has 0 aromatic heterocycles. The van der Waals surface area contributed by atoms with Crippen molar-refractivity contribution in [3.8, 4) is 5.75 Å². The maximum atomic E-state index is 12.3. The van der Waals surface area contributed by atoms with Crippen LogP contribution in [0.1, 0.15) is 6.92 Å². The smallest absolute Gasteiger partial charge is 0.245 e. The molecule has 0 saturated heterocycles. The van der Waals surface area contributed by atoms with Crippen molar-refractivity contribution in [2.75, 3.05) is 29.0 Å². The van der Waals surface area contributed by atoms with Crippen LogP contribution < -0.4 is 14.4 Å². The molecule has 0 heterocycles. The van der Waals surface area contributed by atoms with Gasteiger partial charge in [0, 0.05) is 9.26 Å². The molecule has 25 heavy (non-hydrogen) atoms. The van der Waals surface area contributed by atoms with Gasteiger partial charge in [-0.05, 0) is 78.0 Å². The summed E-state index contributed by atoms with van der Waals surface area (Å²) in [5, 5.41) is 2.69. The van der Waals surface area contributed by atoms with E-state index in [-0.39, 0.29) is 6.54 Å². The normalized spacial score (nSPS) is 11.0. The van der Waals surface area contributed by atoms with Crippen molar-refractivity contribution in [1.29, 1.82) is 0 Å². The molecule has 0 bridgehead atoms. The van der Waals surface area contributed by atoms with Crippen LogP contribution in [0.3, 0.4) is 0 Å². The van der Waals surface area contributed by atoms with Crippen LogP contribution in [-0.4, -0.2) is 33.7 Å². The molecule has 6 nitrogen and oxygen atoms in total. The van der Waals surface area contributed by atoms with Gasteiger partial charge in [-0.25, -0.2) is 8.42 Å². The number of nitrogens with one attached hydrogen (secondary N) is 1. The fourth-order valence-corrected chi connectivity index (χ4v) is 3.36. The molecule has 0 atom stereocenters. The molecule has 8 heteroatoms. The van der Waals surface area contributed by atoms with Crippen molar-refractivity contribution in [1.82, 2.24) is 0 Å². The Hall–Kier alpha value is -1.81. The third kappa shape index (κ3) is 5.89. The third-order valence-electron chi connectivity index (χ3n) is 3.25. The Morgan fingerprint density at radius 2 is 1.72 bits per heavy atom. The SMILES string of the molecule is CCOc1ccc(NC(=O)CN(c2ccc(I)cc2)S(C)(=O)=O)cc1. The molecule has 1 amide bonds. The summed E-state index contributed by atoms with van der Waals surface area (Å²) in [5.74, 6) is 0.283. The summed E-state index contributed by atoms with van der Waals surface area (Å²) in [6.07, 6.45) is 1.08. The molecule has 0 aliphatic carbocycles. The van der Waals surface area contributed by atoms with Gasteiger partial charge in [0.15, 0.2) is 0 Å². The van der Waals surface area contributed by atoms with Crippen LogP contribution in [0.4, 0.5) is 11.4 Å². The second-order valence-corrected chi connectivity index (χ2v) is 8.40. The predicted molar refractivity (Wildman–Crippen MR) is 108 cm³/mol. The average molecular weight is 474 g/mol. The third-order valence-corrected chi connectivity index (χ3v) is 5.11. The largest absolute Gasteiger partial charge is 0.494 e. The fraction of sp³-hybridized carbons (Fsp3) is 0.235. The van der Waals surface area contributed by atoms with Gasteiger partial charge in [0.05, 0.1) is 18.6 Å². The molecular formula is C17H19IN2O4S. The highest BCUT2D eigenvalue weighted by atomic mass is 127. The zero-order chi connectivity index (χ0) is 18.4. The number of carbonyl (C=O) groups is 1. The van der Waals surface area contributed by atoms with Crippen LogP contribution >= 0.6 is 22.6 Å². The minimum Gasteiger partial charge on any atom is -0.494 e. The van der Waals surface area contributed by atoms with E-state index < -0.39 is 15.9 Å². The molecule has 0 spiro atoms. The number of carbonyl (C=O) groups excluding carboxylic acids is 1. The van der Waals surface area contributed by atoms with Gasteiger partial charge in [0.25, 0.3) is 0 Å². The second kappa shape index (κ2) is 8.52. The van der Waals surface area contributed by atoms with Crippen LogP contribution in [-0.2, 0) is 14.8 Å². The summed E-state index contributed by atoms with van der Waals surface area (Å²) in [6.45, 7) is 2.15. The van der Waals surface area contributed by atoms with E-state index in [1.165, 1.54) is 0 Å². The lowest BCUT2D eigenvalue weighted by molar-refractivity contribution is -0.114. The van der Waals surface area contributed by atoms with E-state index in [4.69, 9.17) is 4.74 Å². The standard InChI is InChI=1S/C17H19IN2O4S/c1-3-24-16-10-6-14(7-11-16)19-17(21)12-20(25(2,22)23)15-8-4-13(18)5-9-15/h4-11H,3,12H2,1-2H3,(H,19,21). The first-order valence-corrected chi connectivity index (χ1v) is 10.5. The lowest BCUT2D eigenvalue weighted by Crippen LogP contribution is -2.37. The predicted octanol–water partition coefficient (Wildman–Crippen LogP) is 3.09. The molecule has 0 radical (unpaired) electrons. The Morgan fingerprint density at radius 3 is 2.24 bits per heavy atom. The van der Waals surface area contributed by atoms with Crippen molar-refractivity contribution in [3.63, 3.8) is 0 Å². The fourth-order valence-electron chi connectivity index (χ4n) is 2.14. The first-order valence-electron chi connectivity index (χ1n) is 7.55. The number of ether oxygens (including phenoxy) is 1. The van der Waals surface area contributed by atoms with E-state index in [0.29, 0.717) is 23.7 Å². The van der Waals surface area contributed by atoms with E-state index in [1.54, 1.807) is 48.5 Å². The second-order valence-electron chi connectivity index (χ2n) is 5.25. The zero-order valence-corrected chi connectivity index (χ0v) is 16.9. The van der Waals surface area contributed by atoms with Crippen molar-refractivity contribution in [2.45, 2.75) is 6.92 Å². The minimum absolute atomic E-state index is 0.299. The minimum atomic E-state index is -3.58. The Bertz CT molecular complexity index is 821. The summed E-state index contributed by atoms with van der Waals surface area (Å²) in [5.41, 5.74) is 1.02. The monoisotopic (exact) mass is 474 g/mol. The van der Waals surface area contributed by atoms with Crippen LogP contribution in [0.2, 0.25) is 0 Å². The highest BCUT2D eigenvalue weighted by Crippen LogP contribution is 2.20. The Labute approximate surface area is 161 Å². The molecule has 1 N–H and O–H groups in total. The van der Waals surface area contributed by atoms with Gasteiger partial charge in [0.2, 0.25) is 15.9 Å². The van der Waals surface area contributed by atoms with E-state index in [0.717, 1.165) is 14.1 Å². The number of anilines is 2. The van der Waals surface area contributed by atoms with Gasteiger partial charge in [-0.2, -0.15) is 0 Å². The van der Waals surface area contributed by atoms with E-state index in [1.807, 2.05) is 6.92 Å². The number of nitrogens with zero attached hydrogens (tertiary/aromatic N) is 1. The van der Waals surface area contributed by atoms with Gasteiger partial charge in [-0.15, -0.1) is 0 Å². The van der Waals surface area contributed by atoms with Gasteiger partial charge in [-0.3, -0.25) is 9.10 Å². The van der Waals surface area contributed by atoms with Gasteiger partial charge >= 0.3 is 0 Å². The molecular weight excluding hydrogens is 455 g/mol. The molecule has 0 saturated carbocycles. The molecule has 0 fully saturated rings. The average Bonchev–Trinajstić information content (AvgIpc) is 2.55. The lowest BCUT2D eigenvalue weighted by Gasteiger charge is -2.22. The van der Waals surface area contributed by atoms with Crippen LogP contribution in [0, 0.1) is 3.57 Å². The van der Waals surface area contributed by atoms with E-state index in [9.17, 15) is 13.2 Å². The van der Waals surface area contributed by atoms with Crippen LogP contribution in [0.5, 0.6) is 5.75 Å². The summed E-state index contributed by atoms with van der Waals surface area (Å²) >= 11 is 2.13. The van der Waals surface area contributed by atoms with Crippen molar-refractivity contribution < 1.29 is 17.9 Å². The first-order chi connectivity index (χ1) is 11.8. The van der Waals surface area contributed by atoms with Gasteiger partial charge < -0.3 is 10.1 Å². The van der Waals surface area contributed by atoms with Gasteiger partial charge in [0.1, 0.15) is 12.3 Å². The molecule has 0 unspecified atom stereocenters. The van der Waals surface area contributed by atoms with Crippen LogP contribution in [0.25, 0.3) is 0 Å². The number of hydrogen-bond donors (Lipinski definition) is 1. The van der Waals surface area contributed by atoms with Gasteiger partial charge in [-0.1, -0.05) is 0 Å². The molecule has 0 aliphatic heterocycles. The summed E-state index contributed by atoms with van der Waals surface area (Å²) < 4.78 is 31.5. The lowest BCUT2D eigenvalue weighted by atomic mass is 10.3. The molecule has 2 rings (SSSR count). The number of hydrogen-bond acceptors (Lipinski definition) is 4. The quantitative estimate of drug-likeness (QED) is 0.626. The molecule has 2 aromatic rings. The molecule has 0 aliphatic rings. The number of sulfonamides is 1. The highest BCUT2D eigenvalue weighted by Gasteiger charge is 2.20. The maximum absolute atomic E-state index is 12.3. The zero-order valence-electron chi connectivity index (χ0n) is 13.9. The molecule has 134 valence electrons. The highest BCUT2D eigenvalue weighted by molar-refractivity contribution is 14.1. The number of amides is 1. The van der Waals surface area contributed by atoms with Crippen molar-refractivity contribution in [3.05, 3.63) is 52.1 Å². The molecule has 2 aromatic carbocycles. The number of halogens is 1. The summed E-state index contributed by atoms with van der Waals surface area (Å²) in [7, 11) is -3.58. The Morgan fingerprint density at radius 1 is 1.12 bits per heavy atom. The number of benzene rings is 2. The summed E-state index contributed by atoms with van der Waals surface area (Å²) in [6, 6.07) is 13.8. The van der Waals surface area contributed by atoms with Crippen molar-refractivity contribution in [2.24, 2.45) is 0 Å². The Kier molecular flexibility index (Phi) is 6.65. The first kappa shape index (κ1) is 19.5. The van der Waals surface area contributed by atoms with E-state index >= 15 is 0 Å². The Balaban J connectivity index is 2.10. The summed E-state index contributed by atoms with van der Waals surface area (Å²) in [4.78, 5) is 12.3. The van der Waals surface area contributed by atoms with E-state index in [2.05, 4.69) is 27.9 Å². The van der Waals surface area contributed by atoms with Crippen molar-refractivity contribution >= 4 is 49.9 Å². The van der Waals surface area contributed by atoms with Crippen LogP contribution in [0.15, 0.2) is 48.5 Å².